The number of benzene rings is 1. The van der Waals surface area contributed by atoms with E-state index in [9.17, 15) is 48.3 Å². The van der Waals surface area contributed by atoms with Crippen molar-refractivity contribution in [2.75, 3.05) is 19.6 Å². The maximum atomic E-state index is 13.8. The fourth-order valence-electron chi connectivity index (χ4n) is 5.27. The van der Waals surface area contributed by atoms with E-state index in [0.717, 1.165) is 4.90 Å². The summed E-state index contributed by atoms with van der Waals surface area (Å²) < 4.78 is 0. The molecule has 52 heavy (non-hydrogen) atoms. The largest absolute Gasteiger partial charge is 0.481 e. The smallest absolute Gasteiger partial charge is 0.305 e. The monoisotopic (exact) mass is 730 g/mol. The first-order valence-corrected chi connectivity index (χ1v) is 16.2. The SMILES string of the molecule is NC(N)=NCCC[C@@H]1NC(=O)C[C@H]2C(=O)N[C@H](CNC(=O)[C@H](CC(=O)O)NC(=O)CNC1=O)C(=O)N2Cc1ccc(CNC(=O)CCC(=O)O)cc1. The summed E-state index contributed by atoms with van der Waals surface area (Å²) in [6.45, 7) is -1.15. The van der Waals surface area contributed by atoms with Gasteiger partial charge in [-0.15, -0.1) is 0 Å². The van der Waals surface area contributed by atoms with Crippen LogP contribution in [0.1, 0.15) is 49.7 Å². The second kappa shape index (κ2) is 19.2. The fraction of sp³-hybridized carbons (Fsp3) is 0.484. The summed E-state index contributed by atoms with van der Waals surface area (Å²) in [4.78, 5) is 118. The molecule has 21 heteroatoms. The van der Waals surface area contributed by atoms with Crippen LogP contribution in [-0.2, 0) is 56.2 Å². The summed E-state index contributed by atoms with van der Waals surface area (Å²) in [5.41, 5.74) is 11.9. The van der Waals surface area contributed by atoms with Gasteiger partial charge in [-0.3, -0.25) is 48.1 Å². The molecule has 4 rings (SSSR count). The van der Waals surface area contributed by atoms with Crippen molar-refractivity contribution in [3.63, 3.8) is 0 Å². The Labute approximate surface area is 296 Å². The fourth-order valence-corrected chi connectivity index (χ4v) is 5.27. The van der Waals surface area contributed by atoms with Crippen molar-refractivity contribution < 1.29 is 53.4 Å². The van der Waals surface area contributed by atoms with Crippen molar-refractivity contribution in [2.24, 2.45) is 16.5 Å². The number of carboxylic acids is 2. The number of fused-ring (bicyclic) bond motifs is 14. The summed E-state index contributed by atoms with van der Waals surface area (Å²) in [6.07, 6.45) is -1.72. The first-order valence-electron chi connectivity index (χ1n) is 16.2. The number of amides is 7. The summed E-state index contributed by atoms with van der Waals surface area (Å²) >= 11 is 0. The average Bonchev–Trinajstić information content (AvgIpc) is 3.08. The lowest BCUT2D eigenvalue weighted by molar-refractivity contribution is -0.151. The normalized spacial score (nSPS) is 21.4. The number of aliphatic carboxylic acids is 2. The predicted molar refractivity (Wildman–Crippen MR) is 178 cm³/mol. The van der Waals surface area contributed by atoms with Gasteiger partial charge in [-0.05, 0) is 24.0 Å². The van der Waals surface area contributed by atoms with Gasteiger partial charge in [-0.25, -0.2) is 0 Å². The third kappa shape index (κ3) is 12.9. The highest BCUT2D eigenvalue weighted by molar-refractivity contribution is 6.00. The second-order valence-corrected chi connectivity index (χ2v) is 12.0. The highest BCUT2D eigenvalue weighted by atomic mass is 16.4. The standard InChI is InChI=1S/C31H42N10O11/c32-31(33)34-9-1-2-18-27(49)37-14-24(44)39-19(10-26(47)48)28(50)36-13-20-30(52)41(21(29(51)40-20)11-23(43)38-18)15-17-5-3-16(4-6-17)12-35-22(42)7-8-25(45)46/h3-6,18-21H,1-2,7-15H2,(H,35,42)(H,36,50)(H,37,49)(H,38,43)(H,39,44)(H,40,51)(H,45,46)(H,47,48)(H4,32,33,34)/t18-,19-,20+,21-/m0/s1. The summed E-state index contributed by atoms with van der Waals surface area (Å²) in [7, 11) is 0. The van der Waals surface area contributed by atoms with E-state index in [1.807, 2.05) is 0 Å². The minimum absolute atomic E-state index is 0.00599. The van der Waals surface area contributed by atoms with Gasteiger partial charge in [0.2, 0.25) is 41.4 Å². The molecule has 3 heterocycles. The minimum atomic E-state index is -1.61. The Balaban J connectivity index is 1.88. The summed E-state index contributed by atoms with van der Waals surface area (Å²) in [5.74, 6) is -8.10. The Hall–Kier alpha value is -6.28. The minimum Gasteiger partial charge on any atom is -0.481 e. The zero-order valence-corrected chi connectivity index (χ0v) is 28.0. The van der Waals surface area contributed by atoms with Gasteiger partial charge in [0.25, 0.3) is 0 Å². The molecule has 21 nitrogen and oxygen atoms in total. The van der Waals surface area contributed by atoms with E-state index < -0.39 is 103 Å². The Kier molecular flexibility index (Phi) is 14.8. The van der Waals surface area contributed by atoms with Crippen molar-refractivity contribution in [3.05, 3.63) is 35.4 Å². The van der Waals surface area contributed by atoms with Crippen molar-refractivity contribution in [1.82, 2.24) is 36.8 Å². The van der Waals surface area contributed by atoms with Gasteiger partial charge in [0.15, 0.2) is 5.96 Å². The van der Waals surface area contributed by atoms with Gasteiger partial charge in [0.05, 0.1) is 25.8 Å². The quantitative estimate of drug-likeness (QED) is 0.0396. The third-order valence-electron chi connectivity index (χ3n) is 7.92. The molecule has 0 aromatic heterocycles. The Morgan fingerprint density at radius 1 is 0.827 bits per heavy atom. The number of carbonyl (C=O) groups excluding carboxylic acids is 7. The molecule has 1 aromatic rings. The molecular weight excluding hydrogens is 688 g/mol. The number of nitrogens with zero attached hydrogens (tertiary/aromatic N) is 2. The number of carboxylic acid groups (broad SMARTS) is 2. The Bertz CT molecular complexity index is 1580. The molecular formula is C31H42N10O11. The number of rotatable bonds is 13. The lowest BCUT2D eigenvalue weighted by atomic mass is 10.0. The van der Waals surface area contributed by atoms with Gasteiger partial charge in [-0.1, -0.05) is 24.3 Å². The maximum absolute atomic E-state index is 13.8. The van der Waals surface area contributed by atoms with Gasteiger partial charge in [0.1, 0.15) is 24.2 Å². The molecule has 0 saturated carbocycles. The van der Waals surface area contributed by atoms with Gasteiger partial charge < -0.3 is 58.5 Å². The molecule has 7 amide bonds. The van der Waals surface area contributed by atoms with Crippen molar-refractivity contribution in [3.8, 4) is 0 Å². The van der Waals surface area contributed by atoms with Crippen LogP contribution in [0.15, 0.2) is 29.3 Å². The van der Waals surface area contributed by atoms with Crippen LogP contribution in [0.5, 0.6) is 0 Å². The molecule has 0 unspecified atom stereocenters. The Morgan fingerprint density at radius 3 is 2.13 bits per heavy atom. The highest BCUT2D eigenvalue weighted by Crippen LogP contribution is 2.19. The lowest BCUT2D eigenvalue weighted by Crippen LogP contribution is -2.66. The topological polar surface area (TPSA) is 334 Å². The molecule has 3 saturated heterocycles. The van der Waals surface area contributed by atoms with E-state index >= 15 is 0 Å². The van der Waals surface area contributed by atoms with Crippen LogP contribution in [0.3, 0.4) is 0 Å². The average molecular weight is 731 g/mol. The van der Waals surface area contributed by atoms with E-state index in [-0.39, 0.29) is 51.3 Å². The Morgan fingerprint density at radius 2 is 1.48 bits per heavy atom. The van der Waals surface area contributed by atoms with Crippen LogP contribution in [-0.4, -0.2) is 118 Å². The van der Waals surface area contributed by atoms with Crippen molar-refractivity contribution >= 4 is 59.2 Å². The van der Waals surface area contributed by atoms with Gasteiger partial charge >= 0.3 is 11.9 Å². The molecule has 3 aliphatic rings. The first kappa shape index (κ1) is 40.2. The van der Waals surface area contributed by atoms with Crippen molar-refractivity contribution in [2.45, 2.75) is 75.8 Å². The van der Waals surface area contributed by atoms with Crippen LogP contribution < -0.4 is 43.4 Å². The molecule has 0 spiro atoms. The predicted octanol–water partition coefficient (Wildman–Crippen LogP) is -4.50. The molecule has 4 atom stereocenters. The number of nitrogens with two attached hydrogens (primary N) is 2. The van der Waals surface area contributed by atoms with Crippen LogP contribution in [0.2, 0.25) is 0 Å². The molecule has 3 aliphatic heterocycles. The molecule has 2 bridgehead atoms. The van der Waals surface area contributed by atoms with Crippen LogP contribution >= 0.6 is 0 Å². The zero-order chi connectivity index (χ0) is 38.4. The number of carbonyl (C=O) groups is 9. The van der Waals surface area contributed by atoms with E-state index in [1.54, 1.807) is 24.3 Å². The number of aliphatic imine (C=N–C) groups is 1. The zero-order valence-electron chi connectivity index (χ0n) is 28.0. The maximum Gasteiger partial charge on any atom is 0.305 e. The van der Waals surface area contributed by atoms with Crippen LogP contribution in [0, 0.1) is 0 Å². The van der Waals surface area contributed by atoms with Gasteiger partial charge in [0, 0.05) is 32.6 Å². The number of hydrogen-bond donors (Lipinski definition) is 10. The number of piperazine rings is 1. The lowest BCUT2D eigenvalue weighted by Gasteiger charge is -2.39. The molecule has 0 aliphatic carbocycles. The molecule has 0 radical (unpaired) electrons. The van der Waals surface area contributed by atoms with E-state index in [0.29, 0.717) is 11.1 Å². The van der Waals surface area contributed by atoms with E-state index in [4.69, 9.17) is 16.6 Å². The third-order valence-corrected chi connectivity index (χ3v) is 7.92. The summed E-state index contributed by atoms with van der Waals surface area (Å²) in [6, 6.07) is 0.984. The van der Waals surface area contributed by atoms with E-state index in [1.165, 1.54) is 0 Å². The number of hydrogen-bond acceptors (Lipinski definition) is 10. The van der Waals surface area contributed by atoms with Crippen LogP contribution in [0.25, 0.3) is 0 Å². The molecule has 282 valence electrons. The highest BCUT2D eigenvalue weighted by Gasteiger charge is 2.42. The van der Waals surface area contributed by atoms with Gasteiger partial charge in [-0.2, -0.15) is 0 Å². The number of guanidine groups is 1. The molecule has 1 aromatic carbocycles. The molecule has 12 N–H and O–H groups in total. The summed E-state index contributed by atoms with van der Waals surface area (Å²) in [5, 5.41) is 32.6. The number of nitrogens with one attached hydrogen (secondary N) is 6. The van der Waals surface area contributed by atoms with Crippen LogP contribution in [0.4, 0.5) is 0 Å². The molecule has 3 fully saturated rings. The van der Waals surface area contributed by atoms with E-state index in [2.05, 4.69) is 36.9 Å². The second-order valence-electron chi connectivity index (χ2n) is 12.0. The van der Waals surface area contributed by atoms with Crippen molar-refractivity contribution in [1.29, 1.82) is 0 Å². The first-order chi connectivity index (χ1) is 24.6.